The van der Waals surface area contributed by atoms with Crippen LogP contribution in [0.25, 0.3) is 38.7 Å². The molecule has 0 aliphatic heterocycles. The second-order valence-corrected chi connectivity index (χ2v) is 9.43. The molecule has 6 nitrogen and oxygen atoms in total. The number of anilines is 1. The molecule has 1 aromatic heterocycles. The number of hydrogen-bond acceptors (Lipinski definition) is 4. The van der Waals surface area contributed by atoms with E-state index in [0.717, 1.165) is 43.8 Å². The number of aromatic nitrogens is 1. The van der Waals surface area contributed by atoms with Gasteiger partial charge in [0.15, 0.2) is 0 Å². The van der Waals surface area contributed by atoms with Crippen molar-refractivity contribution in [1.29, 1.82) is 0 Å². The standard InChI is InChI=1S/C34H26N2O4/c1-39-34(38)24-15-13-22(14-16-24)19-25(33(37)36-30-12-6-8-23-7-2-3-9-27(23)30)21-40-26-17-18-29-28-10-4-5-11-31(28)35-32(29)20-26/h2-20,35H,21H2,1H3,(H,36,37). The number of carbonyl (C=O) groups excluding carboxylic acids is 2. The first-order valence-corrected chi connectivity index (χ1v) is 12.9. The Hall–Kier alpha value is -5.36. The molecule has 1 heterocycles. The van der Waals surface area contributed by atoms with Gasteiger partial charge in [-0.2, -0.15) is 0 Å². The van der Waals surface area contributed by atoms with E-state index in [-0.39, 0.29) is 12.5 Å². The average Bonchev–Trinajstić information content (AvgIpc) is 3.37. The van der Waals surface area contributed by atoms with Gasteiger partial charge in [-0.1, -0.05) is 66.7 Å². The van der Waals surface area contributed by atoms with Crippen molar-refractivity contribution in [2.45, 2.75) is 0 Å². The second kappa shape index (κ2) is 10.8. The summed E-state index contributed by atoms with van der Waals surface area (Å²) >= 11 is 0. The minimum Gasteiger partial charge on any atom is -0.489 e. The van der Waals surface area contributed by atoms with Crippen LogP contribution in [-0.4, -0.2) is 30.6 Å². The smallest absolute Gasteiger partial charge is 0.337 e. The number of H-pyrrole nitrogens is 1. The van der Waals surface area contributed by atoms with Crippen LogP contribution in [0.5, 0.6) is 5.75 Å². The Labute approximate surface area is 230 Å². The number of carbonyl (C=O) groups is 2. The Morgan fingerprint density at radius 1 is 0.775 bits per heavy atom. The van der Waals surface area contributed by atoms with Crippen LogP contribution in [0.4, 0.5) is 5.69 Å². The van der Waals surface area contributed by atoms with Gasteiger partial charge in [0.25, 0.3) is 5.91 Å². The molecule has 0 unspecified atom stereocenters. The Morgan fingerprint density at radius 3 is 2.33 bits per heavy atom. The summed E-state index contributed by atoms with van der Waals surface area (Å²) in [7, 11) is 1.34. The zero-order valence-corrected chi connectivity index (χ0v) is 21.8. The van der Waals surface area contributed by atoms with Crippen LogP contribution in [0.2, 0.25) is 0 Å². The minimum absolute atomic E-state index is 0.0427. The molecule has 0 saturated carbocycles. The van der Waals surface area contributed by atoms with Crippen LogP contribution < -0.4 is 10.1 Å². The van der Waals surface area contributed by atoms with E-state index < -0.39 is 5.97 Å². The average molecular weight is 527 g/mol. The summed E-state index contributed by atoms with van der Waals surface area (Å²) in [5, 5.41) is 7.30. The van der Waals surface area contributed by atoms with E-state index in [1.54, 1.807) is 30.3 Å². The molecule has 0 saturated heterocycles. The van der Waals surface area contributed by atoms with E-state index in [2.05, 4.69) is 16.4 Å². The van der Waals surface area contributed by atoms with Gasteiger partial charge in [0.05, 0.1) is 23.8 Å². The van der Waals surface area contributed by atoms with Crippen molar-refractivity contribution in [3.05, 3.63) is 126 Å². The van der Waals surface area contributed by atoms with Gasteiger partial charge in [-0.05, 0) is 53.4 Å². The fraction of sp³-hybridized carbons (Fsp3) is 0.0588. The number of benzene rings is 5. The highest BCUT2D eigenvalue weighted by molar-refractivity contribution is 6.11. The van der Waals surface area contributed by atoms with Crippen LogP contribution in [-0.2, 0) is 9.53 Å². The zero-order chi connectivity index (χ0) is 27.5. The summed E-state index contributed by atoms with van der Waals surface area (Å²) in [6.07, 6.45) is 1.77. The topological polar surface area (TPSA) is 80.4 Å². The number of amides is 1. The molecule has 0 bridgehead atoms. The Balaban J connectivity index is 1.30. The fourth-order valence-electron chi connectivity index (χ4n) is 4.83. The number of esters is 1. The van der Waals surface area contributed by atoms with Gasteiger partial charge >= 0.3 is 5.97 Å². The predicted molar refractivity (Wildman–Crippen MR) is 160 cm³/mol. The van der Waals surface area contributed by atoms with Crippen molar-refractivity contribution in [1.82, 2.24) is 4.98 Å². The number of para-hydroxylation sites is 1. The molecular weight excluding hydrogens is 500 g/mol. The highest BCUT2D eigenvalue weighted by atomic mass is 16.5. The third kappa shape index (κ3) is 5.02. The lowest BCUT2D eigenvalue weighted by Gasteiger charge is -2.13. The van der Waals surface area contributed by atoms with Gasteiger partial charge in [-0.15, -0.1) is 0 Å². The van der Waals surface area contributed by atoms with Gasteiger partial charge in [0, 0.05) is 33.4 Å². The number of aromatic amines is 1. The van der Waals surface area contributed by atoms with Crippen molar-refractivity contribution in [2.75, 3.05) is 19.0 Å². The molecule has 2 N–H and O–H groups in total. The lowest BCUT2D eigenvalue weighted by molar-refractivity contribution is -0.113. The molecule has 40 heavy (non-hydrogen) atoms. The number of methoxy groups -OCH3 is 1. The molecular formula is C34H26N2O4. The van der Waals surface area contributed by atoms with Crippen LogP contribution in [0, 0.1) is 0 Å². The van der Waals surface area contributed by atoms with Gasteiger partial charge in [0.2, 0.25) is 0 Å². The molecule has 0 aliphatic carbocycles. The molecule has 0 fully saturated rings. The normalized spacial score (nSPS) is 11.6. The predicted octanol–water partition coefficient (Wildman–Crippen LogP) is 7.36. The SMILES string of the molecule is COC(=O)c1ccc(C=C(COc2ccc3c(c2)[nH]c2ccccc23)C(=O)Nc2cccc3ccccc23)cc1. The van der Waals surface area contributed by atoms with E-state index in [9.17, 15) is 9.59 Å². The van der Waals surface area contributed by atoms with Gasteiger partial charge in [-0.3, -0.25) is 4.79 Å². The summed E-state index contributed by atoms with van der Waals surface area (Å²) in [5.41, 5.74) is 4.35. The van der Waals surface area contributed by atoms with E-state index in [1.807, 2.05) is 78.9 Å². The maximum Gasteiger partial charge on any atom is 0.337 e. The summed E-state index contributed by atoms with van der Waals surface area (Å²) in [6.45, 7) is 0.0427. The number of rotatable bonds is 7. The van der Waals surface area contributed by atoms with Crippen LogP contribution >= 0.6 is 0 Å². The molecule has 0 atom stereocenters. The molecule has 6 rings (SSSR count). The lowest BCUT2D eigenvalue weighted by Crippen LogP contribution is -2.19. The fourth-order valence-corrected chi connectivity index (χ4v) is 4.83. The van der Waals surface area contributed by atoms with Crippen molar-refractivity contribution in [3.63, 3.8) is 0 Å². The van der Waals surface area contributed by atoms with Crippen molar-refractivity contribution in [3.8, 4) is 5.75 Å². The van der Waals surface area contributed by atoms with E-state index in [4.69, 9.17) is 9.47 Å². The first-order chi connectivity index (χ1) is 19.6. The van der Waals surface area contributed by atoms with Crippen molar-refractivity contribution < 1.29 is 19.1 Å². The molecule has 6 aromatic rings. The van der Waals surface area contributed by atoms with Gasteiger partial charge < -0.3 is 19.8 Å². The maximum atomic E-state index is 13.6. The molecule has 5 aromatic carbocycles. The number of ether oxygens (including phenoxy) is 2. The second-order valence-electron chi connectivity index (χ2n) is 9.43. The van der Waals surface area contributed by atoms with Crippen LogP contribution in [0.1, 0.15) is 15.9 Å². The molecule has 196 valence electrons. The van der Waals surface area contributed by atoms with E-state index in [0.29, 0.717) is 16.9 Å². The molecule has 0 aliphatic rings. The zero-order valence-electron chi connectivity index (χ0n) is 21.8. The Morgan fingerprint density at radius 2 is 1.50 bits per heavy atom. The summed E-state index contributed by atoms with van der Waals surface area (Å²) in [5.74, 6) is -0.0517. The first-order valence-electron chi connectivity index (χ1n) is 12.9. The largest absolute Gasteiger partial charge is 0.489 e. The summed E-state index contributed by atoms with van der Waals surface area (Å²) in [4.78, 5) is 28.9. The highest BCUT2D eigenvalue weighted by Crippen LogP contribution is 2.29. The van der Waals surface area contributed by atoms with Crippen LogP contribution in [0.15, 0.2) is 115 Å². The maximum absolute atomic E-state index is 13.6. The van der Waals surface area contributed by atoms with Crippen LogP contribution in [0.3, 0.4) is 0 Å². The Kier molecular flexibility index (Phi) is 6.73. The summed E-state index contributed by atoms with van der Waals surface area (Å²) < 4.78 is 10.9. The first kappa shape index (κ1) is 24.9. The monoisotopic (exact) mass is 526 g/mol. The molecule has 1 amide bonds. The van der Waals surface area contributed by atoms with Crippen molar-refractivity contribution in [2.24, 2.45) is 0 Å². The number of fused-ring (bicyclic) bond motifs is 4. The molecule has 6 heteroatoms. The number of hydrogen-bond donors (Lipinski definition) is 2. The van der Waals surface area contributed by atoms with Gasteiger partial charge in [0.1, 0.15) is 12.4 Å². The van der Waals surface area contributed by atoms with E-state index >= 15 is 0 Å². The number of nitrogens with one attached hydrogen (secondary N) is 2. The molecule has 0 radical (unpaired) electrons. The third-order valence-electron chi connectivity index (χ3n) is 6.87. The highest BCUT2D eigenvalue weighted by Gasteiger charge is 2.14. The van der Waals surface area contributed by atoms with E-state index in [1.165, 1.54) is 7.11 Å². The Bertz CT molecular complexity index is 1900. The van der Waals surface area contributed by atoms with Gasteiger partial charge in [-0.25, -0.2) is 4.79 Å². The lowest BCUT2D eigenvalue weighted by atomic mass is 10.1. The van der Waals surface area contributed by atoms with Crippen molar-refractivity contribution >= 4 is 56.2 Å². The minimum atomic E-state index is -0.417. The summed E-state index contributed by atoms with van der Waals surface area (Å²) in [6, 6.07) is 34.6. The quantitative estimate of drug-likeness (QED) is 0.168. The molecule has 0 spiro atoms. The third-order valence-corrected chi connectivity index (χ3v) is 6.87.